The van der Waals surface area contributed by atoms with Crippen LogP contribution in [-0.4, -0.2) is 60.0 Å². The molecule has 0 aromatic carbocycles. The largest absolute Gasteiger partial charge is 0.461 e. The van der Waals surface area contributed by atoms with E-state index >= 15 is 0 Å². The number of carbonyl (C=O) groups excluding carboxylic acids is 3. The van der Waals surface area contributed by atoms with Crippen molar-refractivity contribution in [3.05, 3.63) is 22.5 Å². The smallest absolute Gasteiger partial charge is 0.355 e. The van der Waals surface area contributed by atoms with Gasteiger partial charge in [0, 0.05) is 31.5 Å². The molecule has 0 saturated carbocycles. The van der Waals surface area contributed by atoms with Crippen molar-refractivity contribution < 1.29 is 23.9 Å². The topological polar surface area (TPSA) is 77.8 Å². The Labute approximate surface area is 168 Å². The molecule has 0 aliphatic carbocycles. The van der Waals surface area contributed by atoms with Gasteiger partial charge in [-0.05, 0) is 46.1 Å². The zero-order valence-electron chi connectivity index (χ0n) is 18.4. The lowest BCUT2D eigenvalue weighted by atomic mass is 9.99. The van der Waals surface area contributed by atoms with Crippen molar-refractivity contribution in [2.75, 3.05) is 26.9 Å². The van der Waals surface area contributed by atoms with E-state index in [2.05, 4.69) is 0 Å². The average molecular weight is 395 g/mol. The second-order valence-electron chi connectivity index (χ2n) is 7.31. The van der Waals surface area contributed by atoms with Crippen molar-refractivity contribution in [1.82, 2.24) is 9.47 Å². The summed E-state index contributed by atoms with van der Waals surface area (Å²) in [4.78, 5) is 39.9. The zero-order valence-corrected chi connectivity index (χ0v) is 18.4. The molecule has 1 atom stereocenters. The molecule has 0 saturated heterocycles. The Morgan fingerprint density at radius 1 is 1.11 bits per heavy atom. The van der Waals surface area contributed by atoms with Crippen LogP contribution >= 0.6 is 0 Å². The summed E-state index contributed by atoms with van der Waals surface area (Å²) >= 11 is 0. The minimum atomic E-state index is -0.662. The molecule has 0 spiro atoms. The molecule has 7 heteroatoms. The van der Waals surface area contributed by atoms with Crippen LogP contribution in [0.15, 0.2) is 0 Å². The highest BCUT2D eigenvalue weighted by molar-refractivity contribution is 6.06. The van der Waals surface area contributed by atoms with E-state index in [1.165, 1.54) is 7.11 Å². The average Bonchev–Trinajstić information content (AvgIpc) is 2.88. The molecule has 0 bridgehead atoms. The van der Waals surface area contributed by atoms with Gasteiger partial charge in [-0.2, -0.15) is 0 Å². The summed E-state index contributed by atoms with van der Waals surface area (Å²) in [7, 11) is 1.46. The second-order valence-corrected chi connectivity index (χ2v) is 7.31. The van der Waals surface area contributed by atoms with Gasteiger partial charge in [-0.25, -0.2) is 4.79 Å². The van der Waals surface area contributed by atoms with Crippen LogP contribution in [0, 0.1) is 19.8 Å². The third kappa shape index (κ3) is 5.01. The fourth-order valence-electron chi connectivity index (χ4n) is 3.54. The molecule has 0 aliphatic rings. The van der Waals surface area contributed by atoms with Gasteiger partial charge in [-0.15, -0.1) is 0 Å². The molecular weight excluding hydrogens is 360 g/mol. The quantitative estimate of drug-likeness (QED) is 0.450. The van der Waals surface area contributed by atoms with Crippen molar-refractivity contribution in [1.29, 1.82) is 0 Å². The molecule has 158 valence electrons. The maximum absolute atomic E-state index is 13.4. The molecular formula is C21H34N2O5. The van der Waals surface area contributed by atoms with E-state index < -0.39 is 12.0 Å². The Hall–Kier alpha value is -2.15. The number of Topliss-reactive ketones (excluding diaryl/α,β-unsaturated/α-hetero) is 1. The summed E-state index contributed by atoms with van der Waals surface area (Å²) in [6.07, 6.45) is 0. The van der Waals surface area contributed by atoms with Crippen molar-refractivity contribution in [2.24, 2.45) is 5.92 Å². The number of ether oxygens (including phenoxy) is 2. The Morgan fingerprint density at radius 2 is 1.71 bits per heavy atom. The second kappa shape index (κ2) is 10.4. The molecule has 1 aromatic rings. The number of nitrogens with zero attached hydrogens (tertiary/aromatic N) is 2. The maximum atomic E-state index is 13.4. The maximum Gasteiger partial charge on any atom is 0.355 e. The highest BCUT2D eigenvalue weighted by Crippen LogP contribution is 2.26. The van der Waals surface area contributed by atoms with Gasteiger partial charge in [0.1, 0.15) is 12.3 Å². The minimum absolute atomic E-state index is 0.0770. The van der Waals surface area contributed by atoms with E-state index in [0.29, 0.717) is 35.6 Å². The lowest BCUT2D eigenvalue weighted by molar-refractivity contribution is -0.137. The van der Waals surface area contributed by atoms with Gasteiger partial charge < -0.3 is 18.9 Å². The summed E-state index contributed by atoms with van der Waals surface area (Å²) in [6.45, 7) is 14.1. The van der Waals surface area contributed by atoms with E-state index in [1.807, 2.05) is 27.7 Å². The molecule has 0 fully saturated rings. The van der Waals surface area contributed by atoms with E-state index in [9.17, 15) is 14.4 Å². The van der Waals surface area contributed by atoms with Crippen LogP contribution in [-0.2, 0) is 20.8 Å². The summed E-state index contributed by atoms with van der Waals surface area (Å²) in [5.41, 5.74) is 2.19. The first-order valence-electron chi connectivity index (χ1n) is 9.81. The molecule has 28 heavy (non-hydrogen) atoms. The van der Waals surface area contributed by atoms with Crippen LogP contribution < -0.4 is 0 Å². The normalized spacial score (nSPS) is 12.2. The number of esters is 1. The highest BCUT2D eigenvalue weighted by atomic mass is 16.5. The number of aromatic nitrogens is 1. The molecule has 0 radical (unpaired) electrons. The van der Waals surface area contributed by atoms with Gasteiger partial charge in [0.15, 0.2) is 5.78 Å². The van der Waals surface area contributed by atoms with Crippen molar-refractivity contribution >= 4 is 17.7 Å². The van der Waals surface area contributed by atoms with Crippen LogP contribution in [0.3, 0.4) is 0 Å². The van der Waals surface area contributed by atoms with E-state index in [1.54, 1.807) is 30.2 Å². The lowest BCUT2D eigenvalue weighted by Gasteiger charge is -2.30. The Balaban J connectivity index is 3.39. The van der Waals surface area contributed by atoms with E-state index in [0.717, 1.165) is 0 Å². The number of carbonyl (C=O) groups is 3. The molecule has 1 amide bonds. The Kier molecular flexibility index (Phi) is 8.88. The number of amides is 1. The van der Waals surface area contributed by atoms with E-state index in [4.69, 9.17) is 9.47 Å². The van der Waals surface area contributed by atoms with Gasteiger partial charge >= 0.3 is 5.97 Å². The molecule has 1 rings (SSSR count). The predicted octanol–water partition coefficient (Wildman–Crippen LogP) is 3.00. The third-order valence-corrected chi connectivity index (χ3v) is 4.80. The summed E-state index contributed by atoms with van der Waals surface area (Å²) in [5, 5.41) is 0. The summed E-state index contributed by atoms with van der Waals surface area (Å²) in [6, 6.07) is -0.662. The van der Waals surface area contributed by atoms with Crippen molar-refractivity contribution in [3.8, 4) is 0 Å². The SMILES string of the molecule is CCOC(=O)c1c(C)c(C(=O)C(C)N(CC(C)C)C(=O)COC)c(C)n1CC. The van der Waals surface area contributed by atoms with Gasteiger partial charge in [0.05, 0.1) is 12.6 Å². The fourth-order valence-corrected chi connectivity index (χ4v) is 3.54. The number of hydrogen-bond donors (Lipinski definition) is 0. The Morgan fingerprint density at radius 3 is 2.18 bits per heavy atom. The standard InChI is InChI=1S/C21H34N2O5/c1-9-22-15(6)18(14(5)19(22)21(26)28-10-2)20(25)16(7)23(11-13(3)4)17(24)12-27-8/h13,16H,9-12H2,1-8H3. The lowest BCUT2D eigenvalue weighted by Crippen LogP contribution is -2.46. The van der Waals surface area contributed by atoms with Crippen molar-refractivity contribution in [2.45, 2.75) is 61.1 Å². The zero-order chi connectivity index (χ0) is 21.6. The summed E-state index contributed by atoms with van der Waals surface area (Å²) < 4.78 is 12.0. The fraction of sp³-hybridized carbons (Fsp3) is 0.667. The number of methoxy groups -OCH3 is 1. The molecule has 0 aliphatic heterocycles. The van der Waals surface area contributed by atoms with Crippen LogP contribution in [0.25, 0.3) is 0 Å². The van der Waals surface area contributed by atoms with Gasteiger partial charge in [-0.3, -0.25) is 9.59 Å². The first-order chi connectivity index (χ1) is 13.1. The van der Waals surface area contributed by atoms with Crippen LogP contribution in [0.1, 0.15) is 66.7 Å². The molecule has 7 nitrogen and oxygen atoms in total. The van der Waals surface area contributed by atoms with E-state index in [-0.39, 0.29) is 30.8 Å². The van der Waals surface area contributed by atoms with Gasteiger partial charge in [0.2, 0.25) is 5.91 Å². The number of rotatable bonds is 10. The van der Waals surface area contributed by atoms with Crippen molar-refractivity contribution in [3.63, 3.8) is 0 Å². The monoisotopic (exact) mass is 394 g/mol. The molecule has 1 unspecified atom stereocenters. The highest BCUT2D eigenvalue weighted by Gasteiger charge is 2.33. The minimum Gasteiger partial charge on any atom is -0.461 e. The number of hydrogen-bond acceptors (Lipinski definition) is 5. The van der Waals surface area contributed by atoms with Crippen LogP contribution in [0.4, 0.5) is 0 Å². The first-order valence-corrected chi connectivity index (χ1v) is 9.81. The van der Waals surface area contributed by atoms with Crippen LogP contribution in [0.2, 0.25) is 0 Å². The molecule has 1 heterocycles. The van der Waals surface area contributed by atoms with Gasteiger partial charge in [-0.1, -0.05) is 13.8 Å². The molecule has 1 aromatic heterocycles. The van der Waals surface area contributed by atoms with Crippen LogP contribution in [0.5, 0.6) is 0 Å². The predicted molar refractivity (Wildman–Crippen MR) is 108 cm³/mol. The van der Waals surface area contributed by atoms with Gasteiger partial charge in [0.25, 0.3) is 0 Å². The summed E-state index contributed by atoms with van der Waals surface area (Å²) in [5.74, 6) is -0.648. The Bertz CT molecular complexity index is 721. The first kappa shape index (κ1) is 23.9. The number of ketones is 1. The third-order valence-electron chi connectivity index (χ3n) is 4.80. The molecule has 0 N–H and O–H groups in total.